The molecular formula is C29H60O2. The van der Waals surface area contributed by atoms with Crippen molar-refractivity contribution in [3.8, 4) is 0 Å². The molecule has 0 spiro atoms. The second-order valence-electron chi connectivity index (χ2n) is 9.88. The van der Waals surface area contributed by atoms with Gasteiger partial charge in [0.15, 0.2) is 0 Å². The van der Waals surface area contributed by atoms with Crippen molar-refractivity contribution in [1.82, 2.24) is 0 Å². The Morgan fingerprint density at radius 2 is 0.742 bits per heavy atom. The number of ether oxygens (including phenoxy) is 2. The molecule has 0 aromatic heterocycles. The maximum Gasteiger partial charge on any atom is 0.0494 e. The maximum atomic E-state index is 6.04. The van der Waals surface area contributed by atoms with Crippen LogP contribution >= 0.6 is 0 Å². The summed E-state index contributed by atoms with van der Waals surface area (Å²) in [5, 5.41) is 0. The molecule has 0 N–H and O–H groups in total. The van der Waals surface area contributed by atoms with Gasteiger partial charge in [-0.05, 0) is 31.1 Å². The van der Waals surface area contributed by atoms with Crippen molar-refractivity contribution in [2.45, 2.75) is 150 Å². The van der Waals surface area contributed by atoms with Gasteiger partial charge in [0.1, 0.15) is 0 Å². The Hall–Kier alpha value is -0.0800. The molecule has 0 aliphatic heterocycles. The molecule has 0 heterocycles. The van der Waals surface area contributed by atoms with Crippen molar-refractivity contribution in [3.05, 3.63) is 0 Å². The minimum absolute atomic E-state index is 0.700. The van der Waals surface area contributed by atoms with Gasteiger partial charge < -0.3 is 9.47 Å². The van der Waals surface area contributed by atoms with Gasteiger partial charge in [0.05, 0.1) is 0 Å². The van der Waals surface area contributed by atoms with Gasteiger partial charge in [0, 0.05) is 26.4 Å². The summed E-state index contributed by atoms with van der Waals surface area (Å²) >= 11 is 0. The minimum atomic E-state index is 0.700. The summed E-state index contributed by atoms with van der Waals surface area (Å²) in [7, 11) is 0. The molecule has 0 fully saturated rings. The van der Waals surface area contributed by atoms with Gasteiger partial charge in [0.2, 0.25) is 0 Å². The van der Waals surface area contributed by atoms with Crippen molar-refractivity contribution in [2.75, 3.05) is 26.4 Å². The first kappa shape index (κ1) is 30.9. The van der Waals surface area contributed by atoms with E-state index in [4.69, 9.17) is 9.47 Å². The molecule has 2 nitrogen and oxygen atoms in total. The van der Waals surface area contributed by atoms with Crippen molar-refractivity contribution < 1.29 is 9.47 Å². The van der Waals surface area contributed by atoms with E-state index in [1.807, 2.05) is 0 Å². The molecule has 0 rings (SSSR count). The zero-order chi connectivity index (χ0) is 22.8. The quantitative estimate of drug-likeness (QED) is 0.125. The molecule has 0 aromatic carbocycles. The highest BCUT2D eigenvalue weighted by atomic mass is 16.5. The summed E-state index contributed by atoms with van der Waals surface area (Å²) in [6.07, 6.45) is 25.7. The first-order chi connectivity index (χ1) is 15.3. The highest BCUT2D eigenvalue weighted by Gasteiger charge is 2.14. The van der Waals surface area contributed by atoms with Crippen LogP contribution in [0.25, 0.3) is 0 Å². The van der Waals surface area contributed by atoms with E-state index >= 15 is 0 Å². The van der Waals surface area contributed by atoms with E-state index in [-0.39, 0.29) is 0 Å². The Bertz CT molecular complexity index is 288. The molecule has 2 heteroatoms. The minimum Gasteiger partial charge on any atom is -0.381 e. The van der Waals surface area contributed by atoms with Crippen LogP contribution in [-0.2, 0) is 9.47 Å². The molecule has 188 valence electrons. The molecule has 0 bridgehead atoms. The summed E-state index contributed by atoms with van der Waals surface area (Å²) in [6.45, 7) is 13.0. The first-order valence-electron chi connectivity index (χ1n) is 14.4. The van der Waals surface area contributed by atoms with E-state index in [2.05, 4.69) is 27.7 Å². The summed E-state index contributed by atoms with van der Waals surface area (Å²) in [6, 6.07) is 0. The lowest BCUT2D eigenvalue weighted by Crippen LogP contribution is -2.18. The van der Waals surface area contributed by atoms with E-state index in [1.54, 1.807) is 0 Å². The molecule has 0 amide bonds. The lowest BCUT2D eigenvalue weighted by Gasteiger charge is -2.22. The molecule has 0 aromatic rings. The normalized spacial score (nSPS) is 13.5. The van der Waals surface area contributed by atoms with Crippen LogP contribution in [0.4, 0.5) is 0 Å². The predicted octanol–water partition coefficient (Wildman–Crippen LogP) is 9.74. The van der Waals surface area contributed by atoms with Crippen LogP contribution in [-0.4, -0.2) is 26.4 Å². The zero-order valence-electron chi connectivity index (χ0n) is 22.2. The molecule has 0 saturated heterocycles. The highest BCUT2D eigenvalue weighted by molar-refractivity contribution is 4.64. The maximum absolute atomic E-state index is 6.04. The first-order valence-corrected chi connectivity index (χ1v) is 14.4. The highest BCUT2D eigenvalue weighted by Crippen LogP contribution is 2.20. The third kappa shape index (κ3) is 22.9. The topological polar surface area (TPSA) is 18.5 Å². The Kier molecular flexibility index (Phi) is 26.1. The fraction of sp³-hybridized carbons (Fsp3) is 1.00. The van der Waals surface area contributed by atoms with Gasteiger partial charge in [-0.2, -0.15) is 0 Å². The molecule has 2 atom stereocenters. The van der Waals surface area contributed by atoms with Crippen LogP contribution in [0.5, 0.6) is 0 Å². The van der Waals surface area contributed by atoms with Gasteiger partial charge >= 0.3 is 0 Å². The number of unbranched alkanes of at least 4 members (excludes halogenated alkanes) is 14. The van der Waals surface area contributed by atoms with Gasteiger partial charge in [-0.3, -0.25) is 0 Å². The average Bonchev–Trinajstić information content (AvgIpc) is 2.79. The molecule has 0 saturated carbocycles. The van der Waals surface area contributed by atoms with Crippen LogP contribution in [0.15, 0.2) is 0 Å². The third-order valence-corrected chi connectivity index (χ3v) is 6.81. The number of hydrogen-bond donors (Lipinski definition) is 0. The van der Waals surface area contributed by atoms with Crippen LogP contribution in [0, 0.1) is 11.8 Å². The molecule has 31 heavy (non-hydrogen) atoms. The summed E-state index contributed by atoms with van der Waals surface area (Å²) in [5.74, 6) is 1.40. The van der Waals surface area contributed by atoms with Crippen molar-refractivity contribution in [3.63, 3.8) is 0 Å². The smallest absolute Gasteiger partial charge is 0.0494 e. The van der Waals surface area contributed by atoms with Crippen LogP contribution in [0.1, 0.15) is 150 Å². The Morgan fingerprint density at radius 1 is 0.419 bits per heavy atom. The van der Waals surface area contributed by atoms with E-state index in [1.165, 1.54) is 122 Å². The molecule has 2 unspecified atom stereocenters. The van der Waals surface area contributed by atoms with E-state index in [0.29, 0.717) is 11.8 Å². The SMILES string of the molecule is CCCCCCCCCCOCC(CC)CC(CC)COCCCCCCCCCC. The van der Waals surface area contributed by atoms with Gasteiger partial charge in [0.25, 0.3) is 0 Å². The standard InChI is InChI=1S/C29H60O2/c1-5-9-11-13-15-17-19-21-23-30-26-28(7-3)25-29(8-4)27-31-24-22-20-18-16-14-12-10-6-2/h28-29H,5-27H2,1-4H3. The lowest BCUT2D eigenvalue weighted by atomic mass is 9.92. The van der Waals surface area contributed by atoms with E-state index in [0.717, 1.165) is 26.4 Å². The number of rotatable bonds is 26. The molecule has 0 radical (unpaired) electrons. The third-order valence-electron chi connectivity index (χ3n) is 6.81. The summed E-state index contributed by atoms with van der Waals surface area (Å²) in [4.78, 5) is 0. The van der Waals surface area contributed by atoms with Crippen molar-refractivity contribution in [2.24, 2.45) is 11.8 Å². The van der Waals surface area contributed by atoms with Gasteiger partial charge in [-0.25, -0.2) is 0 Å². The average molecular weight is 441 g/mol. The van der Waals surface area contributed by atoms with Gasteiger partial charge in [-0.15, -0.1) is 0 Å². The van der Waals surface area contributed by atoms with Gasteiger partial charge in [-0.1, -0.05) is 130 Å². The lowest BCUT2D eigenvalue weighted by molar-refractivity contribution is 0.0580. The van der Waals surface area contributed by atoms with Crippen molar-refractivity contribution >= 4 is 0 Å². The largest absolute Gasteiger partial charge is 0.381 e. The number of hydrogen-bond acceptors (Lipinski definition) is 2. The molecular weight excluding hydrogens is 380 g/mol. The Labute approximate surface area is 197 Å². The molecule has 0 aliphatic rings. The van der Waals surface area contributed by atoms with Crippen molar-refractivity contribution in [1.29, 1.82) is 0 Å². The fourth-order valence-corrected chi connectivity index (χ4v) is 4.35. The monoisotopic (exact) mass is 440 g/mol. The predicted molar refractivity (Wildman–Crippen MR) is 139 cm³/mol. The van der Waals surface area contributed by atoms with Crippen LogP contribution in [0.3, 0.4) is 0 Å². The second-order valence-corrected chi connectivity index (χ2v) is 9.88. The van der Waals surface area contributed by atoms with E-state index in [9.17, 15) is 0 Å². The van der Waals surface area contributed by atoms with E-state index < -0.39 is 0 Å². The summed E-state index contributed by atoms with van der Waals surface area (Å²) < 4.78 is 12.1. The Balaban J connectivity index is 3.59. The van der Waals surface area contributed by atoms with Crippen LogP contribution < -0.4 is 0 Å². The van der Waals surface area contributed by atoms with Crippen LogP contribution in [0.2, 0.25) is 0 Å². The Morgan fingerprint density at radius 3 is 1.06 bits per heavy atom. The zero-order valence-corrected chi connectivity index (χ0v) is 22.2. The second kappa shape index (κ2) is 26.2. The summed E-state index contributed by atoms with van der Waals surface area (Å²) in [5.41, 5.74) is 0. The molecule has 0 aliphatic carbocycles. The fourth-order valence-electron chi connectivity index (χ4n) is 4.35.